The third-order valence-electron chi connectivity index (χ3n) is 1.54. The molecule has 0 aliphatic rings. The highest BCUT2D eigenvalue weighted by Crippen LogP contribution is 2.17. The number of rotatable bonds is 2. The number of phenolic OH excluding ortho intramolecular Hbond substituents is 1. The van der Waals surface area contributed by atoms with Gasteiger partial charge >= 0.3 is 0 Å². The molecule has 1 rings (SSSR count). The molecule has 0 heterocycles. The summed E-state index contributed by atoms with van der Waals surface area (Å²) < 4.78 is 0. The van der Waals surface area contributed by atoms with E-state index in [1.165, 1.54) is 0 Å². The molecular weight excluding hydrogens is 140 g/mol. The first-order chi connectivity index (χ1) is 5.24. The molecule has 2 nitrogen and oxygen atoms in total. The Hall–Kier alpha value is -1.31. The zero-order chi connectivity index (χ0) is 8.27. The van der Waals surface area contributed by atoms with Gasteiger partial charge in [-0.1, -0.05) is 12.1 Å². The van der Waals surface area contributed by atoms with E-state index in [2.05, 4.69) is 0 Å². The number of hydrogen-bond donors (Lipinski definition) is 1. The van der Waals surface area contributed by atoms with Crippen LogP contribution in [0.4, 0.5) is 0 Å². The van der Waals surface area contributed by atoms with Crippen LogP contribution in [0.15, 0.2) is 18.2 Å². The summed E-state index contributed by atoms with van der Waals surface area (Å²) in [5, 5.41) is 9.26. The van der Waals surface area contributed by atoms with Gasteiger partial charge < -0.3 is 9.90 Å². The monoisotopic (exact) mass is 150 g/mol. The zero-order valence-corrected chi connectivity index (χ0v) is 6.37. The molecule has 0 bridgehead atoms. The molecular formula is C9H10O2. The second kappa shape index (κ2) is 3.19. The lowest BCUT2D eigenvalue weighted by Crippen LogP contribution is -1.86. The van der Waals surface area contributed by atoms with Gasteiger partial charge in [-0.05, 0) is 18.6 Å². The second-order valence-electron chi connectivity index (χ2n) is 2.50. The summed E-state index contributed by atoms with van der Waals surface area (Å²) in [5.74, 6) is 0.206. The van der Waals surface area contributed by atoms with Crippen molar-refractivity contribution in [2.24, 2.45) is 0 Å². The van der Waals surface area contributed by atoms with Crippen LogP contribution in [0, 0.1) is 6.92 Å². The van der Waals surface area contributed by atoms with Crippen LogP contribution in [-0.2, 0) is 11.2 Å². The number of hydrogen-bond acceptors (Lipinski definition) is 2. The molecule has 1 aromatic carbocycles. The Bertz CT molecular complexity index is 266. The van der Waals surface area contributed by atoms with Gasteiger partial charge in [-0.25, -0.2) is 0 Å². The first kappa shape index (κ1) is 7.79. The summed E-state index contributed by atoms with van der Waals surface area (Å²) in [6, 6.07) is 5.29. The van der Waals surface area contributed by atoms with Gasteiger partial charge in [0.2, 0.25) is 0 Å². The minimum Gasteiger partial charge on any atom is -0.508 e. The average Bonchev–Trinajstić information content (AvgIpc) is 1.95. The maximum absolute atomic E-state index is 10.1. The number of phenols is 1. The fraction of sp³-hybridized carbons (Fsp3) is 0.222. The molecule has 0 atom stereocenters. The van der Waals surface area contributed by atoms with E-state index in [0.29, 0.717) is 5.56 Å². The zero-order valence-electron chi connectivity index (χ0n) is 6.37. The molecule has 0 aromatic heterocycles. The summed E-state index contributed by atoms with van der Waals surface area (Å²) in [7, 11) is 0. The number of carbonyl (C=O) groups is 1. The van der Waals surface area contributed by atoms with Crippen LogP contribution in [0.1, 0.15) is 11.1 Å². The second-order valence-corrected chi connectivity index (χ2v) is 2.50. The molecule has 0 amide bonds. The normalized spacial score (nSPS) is 9.55. The molecule has 58 valence electrons. The summed E-state index contributed by atoms with van der Waals surface area (Å²) in [6.07, 6.45) is 1.07. The van der Waals surface area contributed by atoms with Crippen LogP contribution in [0.2, 0.25) is 0 Å². The maximum atomic E-state index is 10.1. The Morgan fingerprint density at radius 2 is 2.27 bits per heavy atom. The summed E-state index contributed by atoms with van der Waals surface area (Å²) >= 11 is 0. The summed E-state index contributed by atoms with van der Waals surface area (Å²) in [5.41, 5.74) is 1.68. The molecule has 2 heteroatoms. The summed E-state index contributed by atoms with van der Waals surface area (Å²) in [6.45, 7) is 1.89. The van der Waals surface area contributed by atoms with Crippen molar-refractivity contribution in [1.82, 2.24) is 0 Å². The SMILES string of the molecule is Cc1ccc(CC=O)c(O)c1. The van der Waals surface area contributed by atoms with Gasteiger partial charge in [-0.2, -0.15) is 0 Å². The molecule has 0 fully saturated rings. The Balaban J connectivity index is 2.98. The first-order valence-electron chi connectivity index (χ1n) is 3.46. The predicted octanol–water partition coefficient (Wildman–Crippen LogP) is 1.44. The Morgan fingerprint density at radius 1 is 1.55 bits per heavy atom. The fourth-order valence-corrected chi connectivity index (χ4v) is 0.936. The van der Waals surface area contributed by atoms with Crippen LogP contribution in [0.3, 0.4) is 0 Å². The van der Waals surface area contributed by atoms with Crippen molar-refractivity contribution in [3.8, 4) is 5.75 Å². The van der Waals surface area contributed by atoms with Gasteiger partial charge in [0, 0.05) is 12.0 Å². The highest BCUT2D eigenvalue weighted by atomic mass is 16.3. The fourth-order valence-electron chi connectivity index (χ4n) is 0.936. The van der Waals surface area contributed by atoms with Crippen molar-refractivity contribution in [3.63, 3.8) is 0 Å². The molecule has 1 N–H and O–H groups in total. The van der Waals surface area contributed by atoms with E-state index in [9.17, 15) is 9.90 Å². The molecule has 0 aliphatic carbocycles. The van der Waals surface area contributed by atoms with Crippen LogP contribution in [0.25, 0.3) is 0 Å². The number of benzene rings is 1. The van der Waals surface area contributed by atoms with Crippen LogP contribution >= 0.6 is 0 Å². The lowest BCUT2D eigenvalue weighted by atomic mass is 10.1. The van der Waals surface area contributed by atoms with Crippen molar-refractivity contribution >= 4 is 6.29 Å². The topological polar surface area (TPSA) is 37.3 Å². The largest absolute Gasteiger partial charge is 0.508 e. The van der Waals surface area contributed by atoms with Crippen molar-refractivity contribution in [3.05, 3.63) is 29.3 Å². The van der Waals surface area contributed by atoms with E-state index in [0.717, 1.165) is 11.8 Å². The number of aryl methyl sites for hydroxylation is 1. The van der Waals surface area contributed by atoms with E-state index in [4.69, 9.17) is 0 Å². The smallest absolute Gasteiger partial charge is 0.124 e. The first-order valence-corrected chi connectivity index (χ1v) is 3.46. The van der Waals surface area contributed by atoms with E-state index < -0.39 is 0 Å². The minimum atomic E-state index is 0.206. The lowest BCUT2D eigenvalue weighted by molar-refractivity contribution is -0.107. The van der Waals surface area contributed by atoms with Crippen molar-refractivity contribution in [2.45, 2.75) is 13.3 Å². The predicted molar refractivity (Wildman–Crippen MR) is 42.6 cm³/mol. The molecule has 0 saturated carbocycles. The molecule has 0 saturated heterocycles. The minimum absolute atomic E-state index is 0.206. The standard InChI is InChI=1S/C9H10O2/c1-7-2-3-8(4-5-10)9(11)6-7/h2-3,5-6,11H,4H2,1H3. The Morgan fingerprint density at radius 3 is 2.82 bits per heavy atom. The van der Waals surface area contributed by atoms with Gasteiger partial charge in [0.25, 0.3) is 0 Å². The molecule has 0 radical (unpaired) electrons. The maximum Gasteiger partial charge on any atom is 0.124 e. The molecule has 0 aliphatic heterocycles. The van der Waals surface area contributed by atoms with Gasteiger partial charge in [-0.15, -0.1) is 0 Å². The highest BCUT2D eigenvalue weighted by molar-refractivity contribution is 5.57. The lowest BCUT2D eigenvalue weighted by Gasteiger charge is -2.00. The average molecular weight is 150 g/mol. The van der Waals surface area contributed by atoms with Crippen molar-refractivity contribution in [2.75, 3.05) is 0 Å². The van der Waals surface area contributed by atoms with Crippen molar-refractivity contribution in [1.29, 1.82) is 0 Å². The Kier molecular flexibility index (Phi) is 2.26. The third kappa shape index (κ3) is 1.80. The van der Waals surface area contributed by atoms with Crippen LogP contribution < -0.4 is 0 Å². The Labute approximate surface area is 65.5 Å². The number of aromatic hydroxyl groups is 1. The molecule has 0 spiro atoms. The molecule has 1 aromatic rings. The summed E-state index contributed by atoms with van der Waals surface area (Å²) in [4.78, 5) is 10.1. The van der Waals surface area contributed by atoms with E-state index in [1.54, 1.807) is 12.1 Å². The molecule has 0 unspecified atom stereocenters. The van der Waals surface area contributed by atoms with Gasteiger partial charge in [0.15, 0.2) is 0 Å². The van der Waals surface area contributed by atoms with E-state index in [-0.39, 0.29) is 12.2 Å². The van der Waals surface area contributed by atoms with Crippen molar-refractivity contribution < 1.29 is 9.90 Å². The van der Waals surface area contributed by atoms with Crippen LogP contribution in [0.5, 0.6) is 5.75 Å². The number of carbonyl (C=O) groups excluding carboxylic acids is 1. The third-order valence-corrected chi connectivity index (χ3v) is 1.54. The number of aldehydes is 1. The molecule has 11 heavy (non-hydrogen) atoms. The quantitative estimate of drug-likeness (QED) is 0.648. The van der Waals surface area contributed by atoms with Gasteiger partial charge in [0.05, 0.1) is 0 Å². The van der Waals surface area contributed by atoms with Gasteiger partial charge in [0.1, 0.15) is 12.0 Å². The van der Waals surface area contributed by atoms with E-state index >= 15 is 0 Å². The van der Waals surface area contributed by atoms with E-state index in [1.807, 2.05) is 13.0 Å². The van der Waals surface area contributed by atoms with Gasteiger partial charge in [-0.3, -0.25) is 0 Å². The highest BCUT2D eigenvalue weighted by Gasteiger charge is 1.98. The van der Waals surface area contributed by atoms with Crippen LogP contribution in [-0.4, -0.2) is 11.4 Å².